The average Bonchev–Trinajstić information content (AvgIpc) is 2.42. The molecule has 0 bridgehead atoms. The zero-order chi connectivity index (χ0) is 13.7. The topological polar surface area (TPSA) is 38.3 Å². The van der Waals surface area contributed by atoms with Gasteiger partial charge in [-0.3, -0.25) is 4.79 Å². The molecule has 0 atom stereocenters. The first-order valence-electron chi connectivity index (χ1n) is 7.17. The first kappa shape index (κ1) is 13.9. The van der Waals surface area contributed by atoms with Gasteiger partial charge < -0.3 is 10.1 Å². The van der Waals surface area contributed by atoms with Crippen LogP contribution in [0.3, 0.4) is 0 Å². The van der Waals surface area contributed by atoms with Gasteiger partial charge in [-0.2, -0.15) is 0 Å². The molecule has 0 heterocycles. The Balaban J connectivity index is 1.75. The van der Waals surface area contributed by atoms with Gasteiger partial charge in [0.2, 0.25) is 5.91 Å². The van der Waals surface area contributed by atoms with Crippen molar-refractivity contribution in [3.8, 4) is 5.75 Å². The number of nitrogens with one attached hydrogen (secondary N) is 1. The number of benzene rings is 1. The van der Waals surface area contributed by atoms with Crippen molar-refractivity contribution in [3.05, 3.63) is 30.3 Å². The fourth-order valence-electron chi connectivity index (χ4n) is 2.38. The molecule has 1 aliphatic carbocycles. The van der Waals surface area contributed by atoms with E-state index in [1.165, 1.54) is 0 Å². The van der Waals surface area contributed by atoms with E-state index < -0.39 is 0 Å². The minimum absolute atomic E-state index is 0.0679. The highest BCUT2D eigenvalue weighted by atomic mass is 16.5. The molecule has 0 aromatic heterocycles. The molecule has 1 aromatic rings. The molecule has 0 radical (unpaired) electrons. The average molecular weight is 261 g/mol. The molecule has 0 saturated heterocycles. The summed E-state index contributed by atoms with van der Waals surface area (Å²) in [6, 6.07) is 10.3. The molecule has 1 saturated carbocycles. The standard InChI is InChI=1S/C16H23NO2/c1-12(2)16(18)17-13-8-10-15(11-9-13)19-14-6-4-3-5-7-14/h3-7,12-13,15H,8-11H2,1-2H3,(H,17,18). The molecule has 2 rings (SSSR count). The predicted molar refractivity (Wildman–Crippen MR) is 76.1 cm³/mol. The van der Waals surface area contributed by atoms with E-state index in [1.807, 2.05) is 44.2 Å². The summed E-state index contributed by atoms with van der Waals surface area (Å²) < 4.78 is 5.94. The van der Waals surface area contributed by atoms with Gasteiger partial charge in [0.1, 0.15) is 5.75 Å². The number of rotatable bonds is 4. The number of carbonyl (C=O) groups excluding carboxylic acids is 1. The van der Waals surface area contributed by atoms with E-state index in [1.54, 1.807) is 0 Å². The Hall–Kier alpha value is -1.51. The van der Waals surface area contributed by atoms with Gasteiger partial charge in [-0.25, -0.2) is 0 Å². The van der Waals surface area contributed by atoms with Crippen molar-refractivity contribution >= 4 is 5.91 Å². The van der Waals surface area contributed by atoms with Gasteiger partial charge in [0.15, 0.2) is 0 Å². The Labute approximate surface area is 115 Å². The molecule has 0 spiro atoms. The van der Waals surface area contributed by atoms with Crippen molar-refractivity contribution < 1.29 is 9.53 Å². The first-order valence-corrected chi connectivity index (χ1v) is 7.17. The molecule has 1 aliphatic rings. The summed E-state index contributed by atoms with van der Waals surface area (Å²) >= 11 is 0. The third-order valence-corrected chi connectivity index (χ3v) is 3.59. The van der Waals surface area contributed by atoms with E-state index in [-0.39, 0.29) is 17.9 Å². The molecular weight excluding hydrogens is 238 g/mol. The summed E-state index contributed by atoms with van der Waals surface area (Å²) in [6.45, 7) is 3.86. The number of hydrogen-bond donors (Lipinski definition) is 1. The molecule has 1 amide bonds. The minimum Gasteiger partial charge on any atom is -0.490 e. The maximum Gasteiger partial charge on any atom is 0.222 e. The van der Waals surface area contributed by atoms with Crippen LogP contribution in [0.1, 0.15) is 39.5 Å². The van der Waals surface area contributed by atoms with Crippen molar-refractivity contribution in [1.29, 1.82) is 0 Å². The van der Waals surface area contributed by atoms with Gasteiger partial charge >= 0.3 is 0 Å². The quantitative estimate of drug-likeness (QED) is 0.904. The molecule has 1 fully saturated rings. The second kappa shape index (κ2) is 6.60. The summed E-state index contributed by atoms with van der Waals surface area (Å²) in [6.07, 6.45) is 4.33. The van der Waals surface area contributed by atoms with Gasteiger partial charge in [0.05, 0.1) is 6.10 Å². The molecular formula is C16H23NO2. The molecule has 3 heteroatoms. The summed E-state index contributed by atoms with van der Waals surface area (Å²) in [7, 11) is 0. The number of amides is 1. The number of ether oxygens (including phenoxy) is 1. The molecule has 3 nitrogen and oxygen atoms in total. The highest BCUT2D eigenvalue weighted by molar-refractivity contribution is 5.78. The molecule has 1 N–H and O–H groups in total. The fourth-order valence-corrected chi connectivity index (χ4v) is 2.38. The van der Waals surface area contributed by atoms with Crippen LogP contribution in [0, 0.1) is 5.92 Å². The third kappa shape index (κ3) is 4.27. The van der Waals surface area contributed by atoms with Crippen molar-refractivity contribution in [1.82, 2.24) is 5.32 Å². The Morgan fingerprint density at radius 3 is 2.37 bits per heavy atom. The van der Waals surface area contributed by atoms with E-state index >= 15 is 0 Å². The third-order valence-electron chi connectivity index (χ3n) is 3.59. The normalized spacial score (nSPS) is 23.1. The lowest BCUT2D eigenvalue weighted by Crippen LogP contribution is -2.41. The number of hydrogen-bond acceptors (Lipinski definition) is 2. The smallest absolute Gasteiger partial charge is 0.222 e. The first-order chi connectivity index (χ1) is 9.15. The van der Waals surface area contributed by atoms with E-state index in [0.29, 0.717) is 6.04 Å². The van der Waals surface area contributed by atoms with E-state index in [9.17, 15) is 4.79 Å². The molecule has 0 aliphatic heterocycles. The van der Waals surface area contributed by atoms with E-state index in [2.05, 4.69) is 5.32 Å². The maximum atomic E-state index is 11.6. The van der Waals surface area contributed by atoms with Crippen LogP contribution < -0.4 is 10.1 Å². The fraction of sp³-hybridized carbons (Fsp3) is 0.562. The van der Waals surface area contributed by atoms with Gasteiger partial charge in [0.25, 0.3) is 0 Å². The van der Waals surface area contributed by atoms with Gasteiger partial charge in [-0.1, -0.05) is 32.0 Å². The predicted octanol–water partition coefficient (Wildman–Crippen LogP) is 3.15. The second-order valence-corrected chi connectivity index (χ2v) is 5.57. The van der Waals surface area contributed by atoms with Crippen molar-refractivity contribution in [2.45, 2.75) is 51.7 Å². The SMILES string of the molecule is CC(C)C(=O)NC1CCC(Oc2ccccc2)CC1. The lowest BCUT2D eigenvalue weighted by atomic mass is 9.92. The minimum atomic E-state index is 0.0679. The van der Waals surface area contributed by atoms with Crippen molar-refractivity contribution in [2.24, 2.45) is 5.92 Å². The molecule has 0 unspecified atom stereocenters. The van der Waals surface area contributed by atoms with Crippen LogP contribution in [0.5, 0.6) is 5.75 Å². The molecule has 1 aromatic carbocycles. The summed E-state index contributed by atoms with van der Waals surface area (Å²) in [5.41, 5.74) is 0. The highest BCUT2D eigenvalue weighted by Gasteiger charge is 2.24. The highest BCUT2D eigenvalue weighted by Crippen LogP contribution is 2.23. The van der Waals surface area contributed by atoms with Crippen molar-refractivity contribution in [2.75, 3.05) is 0 Å². The Bertz CT molecular complexity index is 394. The van der Waals surface area contributed by atoms with Gasteiger partial charge in [-0.05, 0) is 37.8 Å². The van der Waals surface area contributed by atoms with Gasteiger partial charge in [0, 0.05) is 12.0 Å². The van der Waals surface area contributed by atoms with Crippen LogP contribution in [0.4, 0.5) is 0 Å². The van der Waals surface area contributed by atoms with E-state index in [0.717, 1.165) is 31.4 Å². The lowest BCUT2D eigenvalue weighted by Gasteiger charge is -2.30. The van der Waals surface area contributed by atoms with Crippen LogP contribution in [0.15, 0.2) is 30.3 Å². The van der Waals surface area contributed by atoms with Crippen LogP contribution in [-0.4, -0.2) is 18.1 Å². The lowest BCUT2D eigenvalue weighted by molar-refractivity contribution is -0.125. The second-order valence-electron chi connectivity index (χ2n) is 5.57. The van der Waals surface area contributed by atoms with Crippen LogP contribution in [0.25, 0.3) is 0 Å². The Kier molecular flexibility index (Phi) is 4.83. The van der Waals surface area contributed by atoms with Crippen LogP contribution >= 0.6 is 0 Å². The maximum absolute atomic E-state index is 11.6. The van der Waals surface area contributed by atoms with Crippen LogP contribution in [-0.2, 0) is 4.79 Å². The summed E-state index contributed by atoms with van der Waals surface area (Å²) in [4.78, 5) is 11.6. The van der Waals surface area contributed by atoms with E-state index in [4.69, 9.17) is 4.74 Å². The van der Waals surface area contributed by atoms with Crippen molar-refractivity contribution in [3.63, 3.8) is 0 Å². The molecule has 104 valence electrons. The number of para-hydroxylation sites is 1. The largest absolute Gasteiger partial charge is 0.490 e. The monoisotopic (exact) mass is 261 g/mol. The zero-order valence-electron chi connectivity index (χ0n) is 11.8. The van der Waals surface area contributed by atoms with Crippen LogP contribution in [0.2, 0.25) is 0 Å². The summed E-state index contributed by atoms with van der Waals surface area (Å²) in [5.74, 6) is 1.17. The Morgan fingerprint density at radius 1 is 1.16 bits per heavy atom. The summed E-state index contributed by atoms with van der Waals surface area (Å²) in [5, 5.41) is 3.11. The Morgan fingerprint density at radius 2 is 1.79 bits per heavy atom. The molecule has 19 heavy (non-hydrogen) atoms. The number of carbonyl (C=O) groups is 1. The zero-order valence-corrected chi connectivity index (χ0v) is 11.8. The van der Waals surface area contributed by atoms with Gasteiger partial charge in [-0.15, -0.1) is 0 Å².